The van der Waals surface area contributed by atoms with E-state index in [-0.39, 0.29) is 69.3 Å². The molecule has 0 radical (unpaired) electrons. The van der Waals surface area contributed by atoms with Gasteiger partial charge in [-0.15, -0.1) is 0 Å². The van der Waals surface area contributed by atoms with Crippen molar-refractivity contribution >= 4 is 27.6 Å². The van der Waals surface area contributed by atoms with Crippen LogP contribution in [0.4, 0.5) is 5.69 Å². The minimum Gasteiger partial charge on any atom is -0.748 e. The van der Waals surface area contributed by atoms with E-state index in [9.17, 15) is 22.6 Å². The van der Waals surface area contributed by atoms with E-state index in [0.717, 1.165) is 27.8 Å². The van der Waals surface area contributed by atoms with Gasteiger partial charge in [-0.25, -0.2) is 8.42 Å². The number of benzene rings is 5. The first-order valence-electron chi connectivity index (χ1n) is 17.1. The Morgan fingerprint density at radius 3 is 1.77 bits per heavy atom. The maximum absolute atomic E-state index is 14.0. The molecule has 0 unspecified atom stereocenters. The standard InChI is InChI=1S/C43H46N2O5S.K/c1-28-25-29(2)40(30(3)26-28)35-17-21-38(22-18-35)45-42(47)39(27-31-7-9-36(10-8-31)41(46)44-23-24-51(48,49)50)34-13-11-32(12-14-34)33-15-19-37(20-16-33)43(4,5)6;/h7-22,25-26,39H,23-24,27H2,1-6H3,(H,44,46)(H,45,47)(H,48,49,50);/q;+1/p-1/t39-;/m1./s1. The van der Waals surface area contributed by atoms with Gasteiger partial charge < -0.3 is 15.2 Å². The van der Waals surface area contributed by atoms with Gasteiger partial charge in [0.25, 0.3) is 5.91 Å². The van der Waals surface area contributed by atoms with Crippen molar-refractivity contribution in [1.29, 1.82) is 0 Å². The van der Waals surface area contributed by atoms with Crippen molar-refractivity contribution < 1.29 is 73.9 Å². The SMILES string of the molecule is Cc1cc(C)c(-c2ccc(NC(=O)[C@H](Cc3ccc(C(=O)NCCS(=O)(=O)[O-])cc3)c3ccc(-c4ccc(C(C)(C)C)cc4)cc3)cc2)c(C)c1.[K+]. The van der Waals surface area contributed by atoms with Crippen LogP contribution >= 0.6 is 0 Å². The number of carbonyl (C=O) groups is 2. The molecular formula is C43H45KN2O5S. The summed E-state index contributed by atoms with van der Waals surface area (Å²) in [6.07, 6.45) is 0.377. The Morgan fingerprint density at radius 1 is 0.731 bits per heavy atom. The Balaban J connectivity index is 0.00000605. The van der Waals surface area contributed by atoms with Crippen molar-refractivity contribution in [1.82, 2.24) is 5.32 Å². The van der Waals surface area contributed by atoms with Crippen LogP contribution < -0.4 is 62.0 Å². The van der Waals surface area contributed by atoms with E-state index < -0.39 is 27.7 Å². The normalized spacial score (nSPS) is 12.1. The summed E-state index contributed by atoms with van der Waals surface area (Å²) in [4.78, 5) is 26.5. The van der Waals surface area contributed by atoms with E-state index in [2.05, 4.69) is 88.6 Å². The molecule has 0 aromatic heterocycles. The number of hydrogen-bond acceptors (Lipinski definition) is 5. The number of nitrogens with one attached hydrogen (secondary N) is 2. The zero-order chi connectivity index (χ0) is 36.9. The first-order chi connectivity index (χ1) is 24.1. The molecule has 0 bridgehead atoms. The second-order valence-corrected chi connectivity index (χ2v) is 15.8. The predicted octanol–water partition coefficient (Wildman–Crippen LogP) is 5.49. The van der Waals surface area contributed by atoms with E-state index in [0.29, 0.717) is 17.7 Å². The van der Waals surface area contributed by atoms with Crippen LogP contribution in [0.1, 0.15) is 70.4 Å². The number of hydrogen-bond donors (Lipinski definition) is 2. The Kier molecular flexibility index (Phi) is 14.0. The third-order valence-corrected chi connectivity index (χ3v) is 9.83. The summed E-state index contributed by atoms with van der Waals surface area (Å²) in [6, 6.07) is 35.7. The summed E-state index contributed by atoms with van der Waals surface area (Å²) in [6.45, 7) is 12.6. The van der Waals surface area contributed by atoms with E-state index in [1.807, 2.05) is 48.5 Å². The number of carbonyl (C=O) groups excluding carboxylic acids is 2. The largest absolute Gasteiger partial charge is 1.00 e. The fraction of sp³-hybridized carbons (Fsp3) is 0.256. The number of anilines is 1. The van der Waals surface area contributed by atoms with Crippen LogP contribution in [-0.4, -0.2) is 37.1 Å². The van der Waals surface area contributed by atoms with Gasteiger partial charge in [0.1, 0.15) is 0 Å². The number of aryl methyl sites for hydroxylation is 3. The Morgan fingerprint density at radius 2 is 1.25 bits per heavy atom. The minimum absolute atomic E-state index is 0. The van der Waals surface area contributed by atoms with Gasteiger partial charge >= 0.3 is 51.4 Å². The summed E-state index contributed by atoms with van der Waals surface area (Å²) in [5.74, 6) is -1.85. The van der Waals surface area contributed by atoms with E-state index >= 15 is 0 Å². The molecule has 52 heavy (non-hydrogen) atoms. The molecule has 0 saturated carbocycles. The van der Waals surface area contributed by atoms with Crippen LogP contribution in [0.3, 0.4) is 0 Å². The zero-order valence-electron chi connectivity index (χ0n) is 31.0. The monoisotopic (exact) mass is 740 g/mol. The molecule has 0 fully saturated rings. The molecule has 2 N–H and O–H groups in total. The predicted molar refractivity (Wildman–Crippen MR) is 205 cm³/mol. The molecule has 9 heteroatoms. The molecule has 0 aliphatic heterocycles. The van der Waals surface area contributed by atoms with Crippen molar-refractivity contribution in [3.63, 3.8) is 0 Å². The molecule has 1 atom stereocenters. The number of amides is 2. The quantitative estimate of drug-likeness (QED) is 0.137. The van der Waals surface area contributed by atoms with Gasteiger partial charge in [0.2, 0.25) is 5.91 Å². The average Bonchev–Trinajstić information content (AvgIpc) is 3.07. The smallest absolute Gasteiger partial charge is 0.748 e. The number of rotatable bonds is 11. The van der Waals surface area contributed by atoms with Gasteiger partial charge in [0, 0.05) is 17.8 Å². The molecule has 0 aliphatic rings. The molecule has 0 aliphatic carbocycles. The van der Waals surface area contributed by atoms with Gasteiger partial charge in [0.15, 0.2) is 0 Å². The molecule has 0 saturated heterocycles. The second-order valence-electron chi connectivity index (χ2n) is 14.3. The van der Waals surface area contributed by atoms with Crippen LogP contribution in [-0.2, 0) is 26.7 Å². The molecule has 5 rings (SSSR count). The van der Waals surface area contributed by atoms with Crippen molar-refractivity contribution in [2.45, 2.75) is 59.3 Å². The Bertz CT molecular complexity index is 2100. The molecular weight excluding hydrogens is 696 g/mol. The third kappa shape index (κ3) is 11.1. The topological polar surface area (TPSA) is 115 Å². The van der Waals surface area contributed by atoms with Crippen molar-refractivity contribution in [2.24, 2.45) is 0 Å². The van der Waals surface area contributed by atoms with Gasteiger partial charge in [-0.3, -0.25) is 9.59 Å². The van der Waals surface area contributed by atoms with Crippen LogP contribution in [0.15, 0.2) is 109 Å². The first-order valence-corrected chi connectivity index (χ1v) is 18.7. The van der Waals surface area contributed by atoms with Crippen molar-refractivity contribution in [2.75, 3.05) is 17.6 Å². The van der Waals surface area contributed by atoms with Gasteiger partial charge in [0.05, 0.1) is 21.8 Å². The van der Waals surface area contributed by atoms with Crippen molar-refractivity contribution in [3.8, 4) is 22.3 Å². The second kappa shape index (κ2) is 17.6. The molecule has 0 spiro atoms. The average molecular weight is 741 g/mol. The van der Waals surface area contributed by atoms with E-state index in [1.54, 1.807) is 24.3 Å². The molecule has 5 aromatic carbocycles. The van der Waals surface area contributed by atoms with Crippen LogP contribution in [0.2, 0.25) is 0 Å². The minimum atomic E-state index is -4.43. The summed E-state index contributed by atoms with van der Waals surface area (Å²) in [7, 11) is -4.43. The maximum atomic E-state index is 14.0. The fourth-order valence-electron chi connectivity index (χ4n) is 6.44. The summed E-state index contributed by atoms with van der Waals surface area (Å²) in [5.41, 5.74) is 12.1. The summed E-state index contributed by atoms with van der Waals surface area (Å²) < 4.78 is 32.7. The maximum Gasteiger partial charge on any atom is 1.00 e. The summed E-state index contributed by atoms with van der Waals surface area (Å²) in [5, 5.41) is 5.59. The van der Waals surface area contributed by atoms with Crippen molar-refractivity contribution in [3.05, 3.63) is 148 Å². The molecule has 0 heterocycles. The first kappa shape index (κ1) is 41.3. The summed E-state index contributed by atoms with van der Waals surface area (Å²) >= 11 is 0. The molecule has 5 aromatic rings. The van der Waals surface area contributed by atoms with Gasteiger partial charge in [-0.1, -0.05) is 111 Å². The fourth-order valence-corrected chi connectivity index (χ4v) is 6.79. The van der Waals surface area contributed by atoms with Crippen LogP contribution in [0.5, 0.6) is 0 Å². The third-order valence-electron chi connectivity index (χ3n) is 9.13. The van der Waals surface area contributed by atoms with Gasteiger partial charge in [-0.05, 0) is 107 Å². The van der Waals surface area contributed by atoms with Crippen LogP contribution in [0.25, 0.3) is 22.3 Å². The Labute approximate surface area is 350 Å². The van der Waals surface area contributed by atoms with Gasteiger partial charge in [-0.2, -0.15) is 0 Å². The molecule has 2 amide bonds. The zero-order valence-corrected chi connectivity index (χ0v) is 35.0. The van der Waals surface area contributed by atoms with E-state index in [1.165, 1.54) is 27.8 Å². The van der Waals surface area contributed by atoms with Crippen LogP contribution in [0, 0.1) is 20.8 Å². The Hall–Kier alpha value is -3.41. The molecule has 264 valence electrons. The van der Waals surface area contributed by atoms with E-state index in [4.69, 9.17) is 0 Å². The molecule has 7 nitrogen and oxygen atoms in total.